The van der Waals surface area contributed by atoms with Crippen molar-refractivity contribution >= 4 is 33.4 Å². The van der Waals surface area contributed by atoms with E-state index in [4.69, 9.17) is 9.47 Å². The van der Waals surface area contributed by atoms with Gasteiger partial charge in [-0.25, -0.2) is 4.79 Å². The van der Waals surface area contributed by atoms with Gasteiger partial charge in [-0.2, -0.15) is 0 Å². The molecule has 164 valence electrons. The number of thiophene rings is 1. The van der Waals surface area contributed by atoms with E-state index >= 15 is 0 Å². The maximum atomic E-state index is 13.0. The Hall–Kier alpha value is -1.92. The summed E-state index contributed by atoms with van der Waals surface area (Å²) >= 11 is 1.44. The van der Waals surface area contributed by atoms with Crippen LogP contribution in [0, 0.1) is 5.92 Å². The fourth-order valence-corrected chi connectivity index (χ4v) is 4.89. The molecule has 2 heterocycles. The normalized spacial score (nSPS) is 20.5. The van der Waals surface area contributed by atoms with Crippen molar-refractivity contribution in [3.8, 4) is 0 Å². The van der Waals surface area contributed by atoms with Crippen LogP contribution in [-0.2, 0) is 14.3 Å². The van der Waals surface area contributed by atoms with E-state index in [2.05, 4.69) is 37.8 Å². The zero-order valence-electron chi connectivity index (χ0n) is 19.1. The molecule has 0 bridgehead atoms. The van der Waals surface area contributed by atoms with Crippen LogP contribution in [0.25, 0.3) is 10.1 Å². The van der Waals surface area contributed by atoms with Crippen molar-refractivity contribution in [1.82, 2.24) is 4.90 Å². The SMILES string of the molecule is CCOC(=O)c1cc2ccc(C3CN(C(C)(C)C)CC3C(=O)OC(C)(C)C)cc2s1. The molecule has 1 saturated heterocycles. The lowest BCUT2D eigenvalue weighted by Crippen LogP contribution is -2.40. The first-order valence-corrected chi connectivity index (χ1v) is 11.4. The Kier molecular flexibility index (Phi) is 6.30. The van der Waals surface area contributed by atoms with Gasteiger partial charge in [0.2, 0.25) is 0 Å². The smallest absolute Gasteiger partial charge is 0.348 e. The number of hydrogen-bond donors (Lipinski definition) is 0. The molecular weight excluding hydrogens is 398 g/mol. The van der Waals surface area contributed by atoms with E-state index in [-0.39, 0.29) is 29.3 Å². The molecule has 0 spiro atoms. The van der Waals surface area contributed by atoms with Crippen molar-refractivity contribution in [2.75, 3.05) is 19.7 Å². The van der Waals surface area contributed by atoms with Crippen molar-refractivity contribution in [3.63, 3.8) is 0 Å². The summed E-state index contributed by atoms with van der Waals surface area (Å²) in [6.07, 6.45) is 0. The lowest BCUT2D eigenvalue weighted by Gasteiger charge is -2.31. The lowest BCUT2D eigenvalue weighted by atomic mass is 9.88. The first-order valence-electron chi connectivity index (χ1n) is 10.6. The number of fused-ring (bicyclic) bond motifs is 1. The molecule has 3 rings (SSSR count). The third kappa shape index (κ3) is 5.03. The molecule has 6 heteroatoms. The van der Waals surface area contributed by atoms with E-state index in [1.807, 2.05) is 32.9 Å². The average Bonchev–Trinajstić information content (AvgIpc) is 3.24. The zero-order valence-corrected chi connectivity index (χ0v) is 19.9. The highest BCUT2D eigenvalue weighted by Crippen LogP contribution is 2.39. The number of hydrogen-bond acceptors (Lipinski definition) is 6. The number of likely N-dealkylation sites (tertiary alicyclic amines) is 1. The second kappa shape index (κ2) is 8.31. The van der Waals surface area contributed by atoms with Gasteiger partial charge >= 0.3 is 11.9 Å². The number of carbonyl (C=O) groups excluding carboxylic acids is 2. The van der Waals surface area contributed by atoms with Crippen LogP contribution in [0.4, 0.5) is 0 Å². The first-order chi connectivity index (χ1) is 13.9. The van der Waals surface area contributed by atoms with Gasteiger partial charge in [-0.05, 0) is 71.5 Å². The average molecular weight is 432 g/mol. The fourth-order valence-electron chi connectivity index (χ4n) is 3.89. The molecule has 1 aromatic heterocycles. The van der Waals surface area contributed by atoms with Gasteiger partial charge in [0, 0.05) is 29.2 Å². The molecule has 1 fully saturated rings. The number of carbonyl (C=O) groups is 2. The van der Waals surface area contributed by atoms with E-state index in [0.717, 1.165) is 22.2 Å². The third-order valence-corrected chi connectivity index (χ3v) is 6.50. The quantitative estimate of drug-likeness (QED) is 0.620. The van der Waals surface area contributed by atoms with Crippen LogP contribution in [0.3, 0.4) is 0 Å². The molecule has 2 aromatic rings. The van der Waals surface area contributed by atoms with Crippen LogP contribution >= 0.6 is 11.3 Å². The van der Waals surface area contributed by atoms with Crippen molar-refractivity contribution in [3.05, 3.63) is 34.7 Å². The molecule has 2 atom stereocenters. The lowest BCUT2D eigenvalue weighted by molar-refractivity contribution is -0.160. The van der Waals surface area contributed by atoms with E-state index in [9.17, 15) is 9.59 Å². The Labute approximate surface area is 183 Å². The highest BCUT2D eigenvalue weighted by atomic mass is 32.1. The van der Waals surface area contributed by atoms with E-state index in [1.165, 1.54) is 11.3 Å². The van der Waals surface area contributed by atoms with Crippen LogP contribution in [0.5, 0.6) is 0 Å². The Morgan fingerprint density at radius 2 is 1.80 bits per heavy atom. The predicted octanol–water partition coefficient (Wildman–Crippen LogP) is 5.23. The van der Waals surface area contributed by atoms with Crippen molar-refractivity contribution in [2.45, 2.75) is 65.5 Å². The predicted molar refractivity (Wildman–Crippen MR) is 121 cm³/mol. The second-order valence-electron chi connectivity index (χ2n) is 9.95. The Balaban J connectivity index is 1.94. The summed E-state index contributed by atoms with van der Waals surface area (Å²) < 4.78 is 11.9. The zero-order chi connectivity index (χ0) is 22.3. The minimum atomic E-state index is -0.511. The van der Waals surface area contributed by atoms with Crippen molar-refractivity contribution in [2.24, 2.45) is 5.92 Å². The second-order valence-corrected chi connectivity index (χ2v) is 11.0. The molecule has 1 aromatic carbocycles. The molecular formula is C24H33NO4S. The van der Waals surface area contributed by atoms with Gasteiger partial charge in [0.05, 0.1) is 12.5 Å². The number of nitrogens with zero attached hydrogens (tertiary/aromatic N) is 1. The molecule has 1 aliphatic heterocycles. The van der Waals surface area contributed by atoms with Crippen molar-refractivity contribution in [1.29, 1.82) is 0 Å². The minimum Gasteiger partial charge on any atom is -0.462 e. The van der Waals surface area contributed by atoms with E-state index < -0.39 is 5.60 Å². The summed E-state index contributed by atoms with van der Waals surface area (Å²) in [5, 5.41) is 1.02. The van der Waals surface area contributed by atoms with Crippen LogP contribution in [-0.4, -0.2) is 47.7 Å². The molecule has 0 radical (unpaired) electrons. The fraction of sp³-hybridized carbons (Fsp3) is 0.583. The van der Waals surface area contributed by atoms with Gasteiger partial charge < -0.3 is 9.47 Å². The number of rotatable bonds is 4. The number of esters is 2. The van der Waals surface area contributed by atoms with Gasteiger partial charge in [-0.3, -0.25) is 9.69 Å². The Morgan fingerprint density at radius 3 is 2.40 bits per heavy atom. The van der Waals surface area contributed by atoms with Gasteiger partial charge in [0.25, 0.3) is 0 Å². The molecule has 5 nitrogen and oxygen atoms in total. The van der Waals surface area contributed by atoms with E-state index in [1.54, 1.807) is 6.92 Å². The maximum absolute atomic E-state index is 13.0. The largest absolute Gasteiger partial charge is 0.462 e. The highest BCUT2D eigenvalue weighted by Gasteiger charge is 2.43. The van der Waals surface area contributed by atoms with E-state index in [0.29, 0.717) is 18.0 Å². The highest BCUT2D eigenvalue weighted by molar-refractivity contribution is 7.20. The maximum Gasteiger partial charge on any atom is 0.348 e. The molecule has 1 aliphatic rings. The van der Waals surface area contributed by atoms with Gasteiger partial charge in [0.1, 0.15) is 10.5 Å². The molecule has 0 aliphatic carbocycles. The van der Waals surface area contributed by atoms with Gasteiger partial charge in [-0.1, -0.05) is 12.1 Å². The number of ether oxygens (including phenoxy) is 2. The summed E-state index contributed by atoms with van der Waals surface area (Å²) in [5.74, 6) is -0.591. The van der Waals surface area contributed by atoms with Crippen LogP contribution in [0.15, 0.2) is 24.3 Å². The molecule has 30 heavy (non-hydrogen) atoms. The van der Waals surface area contributed by atoms with Crippen LogP contribution < -0.4 is 0 Å². The van der Waals surface area contributed by atoms with Crippen LogP contribution in [0.1, 0.15) is 69.6 Å². The first kappa shape index (κ1) is 22.8. The molecule has 0 saturated carbocycles. The monoisotopic (exact) mass is 431 g/mol. The van der Waals surface area contributed by atoms with Crippen LogP contribution in [0.2, 0.25) is 0 Å². The third-order valence-electron chi connectivity index (χ3n) is 5.43. The topological polar surface area (TPSA) is 55.8 Å². The summed E-state index contributed by atoms with van der Waals surface area (Å²) in [7, 11) is 0. The van der Waals surface area contributed by atoms with Crippen molar-refractivity contribution < 1.29 is 19.1 Å². The Morgan fingerprint density at radius 1 is 1.10 bits per heavy atom. The summed E-state index contributed by atoms with van der Waals surface area (Å²) in [5.41, 5.74) is 0.574. The van der Waals surface area contributed by atoms with Gasteiger partial charge in [0.15, 0.2) is 0 Å². The van der Waals surface area contributed by atoms with Gasteiger partial charge in [-0.15, -0.1) is 11.3 Å². The summed E-state index contributed by atoms with van der Waals surface area (Å²) in [4.78, 5) is 28.1. The standard InChI is InChI=1S/C24H33NO4S/c1-8-28-22(27)20-12-16-10-9-15(11-19(16)30-20)17-13-25(23(2,3)4)14-18(17)21(26)29-24(5,6)7/h9-12,17-18H,8,13-14H2,1-7H3. The summed E-state index contributed by atoms with van der Waals surface area (Å²) in [6.45, 7) is 15.9. The minimum absolute atomic E-state index is 0.0286. The molecule has 2 unspecified atom stereocenters. The molecule has 0 amide bonds. The number of benzene rings is 1. The molecule has 0 N–H and O–H groups in total. The Bertz CT molecular complexity index is 935. The summed E-state index contributed by atoms with van der Waals surface area (Å²) in [6, 6.07) is 8.12.